The minimum Gasteiger partial charge on any atom is -0.480 e. The molecule has 0 saturated carbocycles. The molecule has 0 aliphatic heterocycles. The maximum absolute atomic E-state index is 13.3. The molecule has 222 valence electrons. The number of rotatable bonds is 19. The Morgan fingerprint density at radius 2 is 1.38 bits per heavy atom. The number of hydrogen-bond donors (Lipinski definition) is 9. The number of carbonyl (C=O) groups is 5. The van der Waals surface area contributed by atoms with Crippen LogP contribution in [0.1, 0.15) is 44.1 Å². The van der Waals surface area contributed by atoms with Crippen LogP contribution in [0.5, 0.6) is 0 Å². The average molecular weight is 564 g/mol. The summed E-state index contributed by atoms with van der Waals surface area (Å²) >= 11 is 0. The Hall–Kier alpha value is -4.24. The summed E-state index contributed by atoms with van der Waals surface area (Å²) in [5, 5.41) is 17.2. The first-order valence-electron chi connectivity index (χ1n) is 12.9. The zero-order chi connectivity index (χ0) is 30.1. The summed E-state index contributed by atoms with van der Waals surface area (Å²) in [5.74, 6) is -4.36. The summed E-state index contributed by atoms with van der Waals surface area (Å²) < 4.78 is 0. The number of hydrogen-bond acceptors (Lipinski definition) is 8. The van der Waals surface area contributed by atoms with Crippen molar-refractivity contribution in [2.24, 2.45) is 33.7 Å². The van der Waals surface area contributed by atoms with Crippen LogP contribution in [0.4, 0.5) is 0 Å². The van der Waals surface area contributed by atoms with Crippen molar-refractivity contribution in [2.75, 3.05) is 13.1 Å². The Kier molecular flexibility index (Phi) is 15.3. The lowest BCUT2D eigenvalue weighted by atomic mass is 10.0. The molecule has 14 N–H and O–H groups in total. The predicted molar refractivity (Wildman–Crippen MR) is 148 cm³/mol. The van der Waals surface area contributed by atoms with E-state index in [4.69, 9.17) is 28.7 Å². The van der Waals surface area contributed by atoms with Gasteiger partial charge in [-0.25, -0.2) is 4.79 Å². The number of aliphatic carboxylic acids is 1. The fourth-order valence-electron chi connectivity index (χ4n) is 3.71. The molecule has 0 radical (unpaired) electrons. The van der Waals surface area contributed by atoms with Crippen LogP contribution in [0.25, 0.3) is 0 Å². The van der Waals surface area contributed by atoms with Crippen molar-refractivity contribution in [3.63, 3.8) is 0 Å². The second-order valence-electron chi connectivity index (χ2n) is 9.22. The van der Waals surface area contributed by atoms with Crippen molar-refractivity contribution in [2.45, 2.75) is 69.1 Å². The van der Waals surface area contributed by atoms with E-state index in [1.54, 1.807) is 30.3 Å². The zero-order valence-electron chi connectivity index (χ0n) is 22.4. The van der Waals surface area contributed by atoms with Crippen molar-refractivity contribution in [3.8, 4) is 0 Å². The quantitative estimate of drug-likeness (QED) is 0.0471. The van der Waals surface area contributed by atoms with Crippen LogP contribution in [0.3, 0.4) is 0 Å². The number of aliphatic imine (C=N–C) groups is 1. The van der Waals surface area contributed by atoms with Crippen LogP contribution < -0.4 is 44.6 Å². The van der Waals surface area contributed by atoms with Crippen LogP contribution in [-0.2, 0) is 30.4 Å². The van der Waals surface area contributed by atoms with Gasteiger partial charge in [0.25, 0.3) is 0 Å². The third-order valence-corrected chi connectivity index (χ3v) is 5.81. The monoisotopic (exact) mass is 563 g/mol. The van der Waals surface area contributed by atoms with Crippen LogP contribution in [0.2, 0.25) is 0 Å². The molecule has 15 nitrogen and oxygen atoms in total. The Bertz CT molecular complexity index is 1020. The zero-order valence-corrected chi connectivity index (χ0v) is 22.4. The highest BCUT2D eigenvalue weighted by atomic mass is 16.4. The van der Waals surface area contributed by atoms with Gasteiger partial charge in [0.2, 0.25) is 23.6 Å². The van der Waals surface area contributed by atoms with E-state index in [-0.39, 0.29) is 38.2 Å². The van der Waals surface area contributed by atoms with Gasteiger partial charge in [-0.1, -0.05) is 30.3 Å². The molecule has 1 aromatic rings. The highest BCUT2D eigenvalue weighted by Gasteiger charge is 2.30. The first-order valence-corrected chi connectivity index (χ1v) is 12.9. The van der Waals surface area contributed by atoms with E-state index >= 15 is 0 Å². The van der Waals surface area contributed by atoms with Gasteiger partial charge in [0.05, 0.1) is 12.5 Å². The average Bonchev–Trinajstić information content (AvgIpc) is 2.89. The summed E-state index contributed by atoms with van der Waals surface area (Å²) in [4.78, 5) is 65.8. The fraction of sp³-hybridized carbons (Fsp3) is 0.520. The number of amides is 4. The predicted octanol–water partition coefficient (Wildman–Crippen LogP) is -2.85. The third-order valence-electron chi connectivity index (χ3n) is 5.81. The minimum atomic E-state index is -1.27. The molecule has 1 rings (SSSR count). The molecular weight excluding hydrogens is 522 g/mol. The van der Waals surface area contributed by atoms with Crippen LogP contribution in [-0.4, -0.2) is 77.9 Å². The minimum absolute atomic E-state index is 0.0411. The number of unbranched alkanes of at least 4 members (excludes halogenated alkanes) is 1. The van der Waals surface area contributed by atoms with E-state index in [9.17, 15) is 29.1 Å². The molecule has 0 heterocycles. The Labute approximate surface area is 232 Å². The molecule has 40 heavy (non-hydrogen) atoms. The number of primary amides is 1. The summed E-state index contributed by atoms with van der Waals surface area (Å²) in [5.41, 5.74) is 27.6. The Morgan fingerprint density at radius 3 is 1.95 bits per heavy atom. The van der Waals surface area contributed by atoms with Crippen LogP contribution >= 0.6 is 0 Å². The molecule has 0 fully saturated rings. The van der Waals surface area contributed by atoms with Gasteiger partial charge >= 0.3 is 5.97 Å². The smallest absolute Gasteiger partial charge is 0.326 e. The molecule has 0 saturated heterocycles. The fourth-order valence-corrected chi connectivity index (χ4v) is 3.71. The number of benzene rings is 1. The molecule has 4 unspecified atom stereocenters. The Morgan fingerprint density at radius 1 is 0.800 bits per heavy atom. The van der Waals surface area contributed by atoms with Gasteiger partial charge in [0, 0.05) is 13.0 Å². The van der Waals surface area contributed by atoms with E-state index in [1.807, 2.05) is 0 Å². The lowest BCUT2D eigenvalue weighted by Crippen LogP contribution is -2.57. The standard InChI is InChI=1S/C25H41N9O6/c26-11-5-4-9-17(32-21(36)16(27)14-20(28)35)22(37)34-19(13-15-7-2-1-3-8-15)23(38)33-18(24(39)40)10-6-12-31-25(29)30/h1-3,7-8,16-19H,4-6,9-14,26-27H2,(H2,28,35)(H,32,36)(H,33,38)(H,34,37)(H,39,40)(H4,29,30,31). The van der Waals surface area contributed by atoms with Crippen molar-refractivity contribution in [1.82, 2.24) is 16.0 Å². The van der Waals surface area contributed by atoms with Gasteiger partial charge in [-0.2, -0.15) is 0 Å². The molecule has 0 aliphatic rings. The lowest BCUT2D eigenvalue weighted by Gasteiger charge is -2.25. The number of carbonyl (C=O) groups excluding carboxylic acids is 4. The molecular formula is C25H41N9O6. The molecule has 4 atom stereocenters. The van der Waals surface area contributed by atoms with Crippen molar-refractivity contribution in [1.29, 1.82) is 0 Å². The van der Waals surface area contributed by atoms with E-state index in [1.165, 1.54) is 0 Å². The lowest BCUT2D eigenvalue weighted by molar-refractivity contribution is -0.142. The third kappa shape index (κ3) is 13.5. The van der Waals surface area contributed by atoms with Gasteiger partial charge in [-0.05, 0) is 44.2 Å². The van der Waals surface area contributed by atoms with Crippen molar-refractivity contribution >= 4 is 35.6 Å². The number of guanidine groups is 1. The van der Waals surface area contributed by atoms with Crippen LogP contribution in [0.15, 0.2) is 35.3 Å². The number of nitrogens with two attached hydrogens (primary N) is 5. The number of nitrogens with one attached hydrogen (secondary N) is 3. The SMILES string of the molecule is NCCCCC(NC(=O)C(N)CC(N)=O)C(=O)NC(Cc1ccccc1)C(=O)NC(CCCN=C(N)N)C(=O)O. The van der Waals surface area contributed by atoms with Gasteiger partial charge in [-0.15, -0.1) is 0 Å². The van der Waals surface area contributed by atoms with Crippen LogP contribution in [0, 0.1) is 0 Å². The van der Waals surface area contributed by atoms with E-state index in [0.717, 1.165) is 0 Å². The maximum Gasteiger partial charge on any atom is 0.326 e. The molecule has 1 aromatic carbocycles. The molecule has 0 bridgehead atoms. The van der Waals surface area contributed by atoms with Gasteiger partial charge in [-0.3, -0.25) is 24.2 Å². The van der Waals surface area contributed by atoms with E-state index < -0.39 is 60.2 Å². The number of nitrogens with zero attached hydrogens (tertiary/aromatic N) is 1. The largest absolute Gasteiger partial charge is 0.480 e. The summed E-state index contributed by atoms with van der Waals surface area (Å²) in [6.45, 7) is 0.538. The summed E-state index contributed by atoms with van der Waals surface area (Å²) in [7, 11) is 0. The van der Waals surface area contributed by atoms with Crippen molar-refractivity contribution < 1.29 is 29.1 Å². The van der Waals surface area contributed by atoms with E-state index in [0.29, 0.717) is 24.9 Å². The molecule has 4 amide bonds. The number of carboxylic acids is 1. The first kappa shape index (κ1) is 33.8. The molecule has 0 spiro atoms. The van der Waals surface area contributed by atoms with Gasteiger partial charge in [0.1, 0.15) is 18.1 Å². The van der Waals surface area contributed by atoms with Gasteiger partial charge < -0.3 is 49.7 Å². The highest BCUT2D eigenvalue weighted by Crippen LogP contribution is 2.08. The summed E-state index contributed by atoms with van der Waals surface area (Å²) in [6.07, 6.45) is 1.18. The van der Waals surface area contributed by atoms with Crippen molar-refractivity contribution in [3.05, 3.63) is 35.9 Å². The second kappa shape index (κ2) is 18.1. The first-order chi connectivity index (χ1) is 18.9. The molecule has 0 aliphatic carbocycles. The summed E-state index contributed by atoms with van der Waals surface area (Å²) in [6, 6.07) is 4.00. The Balaban J connectivity index is 3.10. The topological polar surface area (TPSA) is 284 Å². The second-order valence-corrected chi connectivity index (χ2v) is 9.22. The molecule has 15 heteroatoms. The van der Waals surface area contributed by atoms with E-state index in [2.05, 4.69) is 20.9 Å². The highest BCUT2D eigenvalue weighted by molar-refractivity contribution is 5.95. The molecule has 0 aromatic heterocycles. The number of carboxylic acid groups (broad SMARTS) is 1. The van der Waals surface area contributed by atoms with Gasteiger partial charge in [0.15, 0.2) is 5.96 Å². The normalized spacial score (nSPS) is 13.7. The maximum atomic E-state index is 13.3.